The highest BCUT2D eigenvalue weighted by Gasteiger charge is 2.31. The zero-order valence-corrected chi connectivity index (χ0v) is 12.5. The highest BCUT2D eigenvalue weighted by molar-refractivity contribution is 5.73. The number of carboxylic acids is 1. The lowest BCUT2D eigenvalue weighted by molar-refractivity contribution is -0.138. The van der Waals surface area contributed by atoms with E-state index in [-0.39, 0.29) is 24.8 Å². The Kier molecular flexibility index (Phi) is 8.12. The summed E-state index contributed by atoms with van der Waals surface area (Å²) >= 11 is 0. The molecular formula is C13H23F3N2O3. The molecule has 0 aliphatic carbocycles. The van der Waals surface area contributed by atoms with Gasteiger partial charge in [0.05, 0.1) is 0 Å². The van der Waals surface area contributed by atoms with Gasteiger partial charge in [0.1, 0.15) is 6.54 Å². The molecule has 2 N–H and O–H groups in total. The molecule has 0 spiro atoms. The average molecular weight is 312 g/mol. The molecule has 8 heteroatoms. The second kappa shape index (κ2) is 8.74. The van der Waals surface area contributed by atoms with E-state index in [1.54, 1.807) is 0 Å². The molecule has 0 aromatic carbocycles. The van der Waals surface area contributed by atoms with E-state index in [9.17, 15) is 22.8 Å². The zero-order chi connectivity index (χ0) is 16.6. The van der Waals surface area contributed by atoms with Crippen LogP contribution in [0.25, 0.3) is 0 Å². The maximum atomic E-state index is 12.1. The Morgan fingerprint density at radius 3 is 2.24 bits per heavy atom. The van der Waals surface area contributed by atoms with Crippen molar-refractivity contribution in [3.63, 3.8) is 0 Å². The summed E-state index contributed by atoms with van der Waals surface area (Å²) in [5.41, 5.74) is 0. The molecule has 0 aromatic heterocycles. The van der Waals surface area contributed by atoms with Gasteiger partial charge in [-0.1, -0.05) is 13.8 Å². The number of hydrogen-bond acceptors (Lipinski definition) is 2. The van der Waals surface area contributed by atoms with E-state index < -0.39 is 24.7 Å². The van der Waals surface area contributed by atoms with Gasteiger partial charge in [-0.3, -0.25) is 4.79 Å². The third-order valence-electron chi connectivity index (χ3n) is 3.23. The minimum Gasteiger partial charge on any atom is -0.481 e. The van der Waals surface area contributed by atoms with Crippen LogP contribution in [0.1, 0.15) is 33.1 Å². The molecule has 2 amide bonds. The molecule has 0 saturated heterocycles. The van der Waals surface area contributed by atoms with Crippen molar-refractivity contribution in [3.05, 3.63) is 0 Å². The smallest absolute Gasteiger partial charge is 0.406 e. The van der Waals surface area contributed by atoms with E-state index in [0.29, 0.717) is 17.7 Å². The van der Waals surface area contributed by atoms with Crippen LogP contribution in [0.2, 0.25) is 0 Å². The summed E-state index contributed by atoms with van der Waals surface area (Å²) in [6.45, 7) is 2.82. The largest absolute Gasteiger partial charge is 0.481 e. The number of halogens is 3. The van der Waals surface area contributed by atoms with Gasteiger partial charge in [0.15, 0.2) is 0 Å². The van der Waals surface area contributed by atoms with E-state index in [2.05, 4.69) is 5.32 Å². The van der Waals surface area contributed by atoms with Crippen molar-refractivity contribution in [2.45, 2.75) is 39.3 Å². The van der Waals surface area contributed by atoms with Crippen LogP contribution in [0.3, 0.4) is 0 Å². The molecule has 5 nitrogen and oxygen atoms in total. The van der Waals surface area contributed by atoms with E-state index in [4.69, 9.17) is 5.11 Å². The molecule has 0 bridgehead atoms. The first-order chi connectivity index (χ1) is 9.53. The van der Waals surface area contributed by atoms with E-state index in [1.807, 2.05) is 13.8 Å². The zero-order valence-electron chi connectivity index (χ0n) is 12.5. The first kappa shape index (κ1) is 19.5. The Bertz CT molecular complexity index is 346. The molecule has 0 radical (unpaired) electrons. The number of amides is 2. The van der Waals surface area contributed by atoms with Crippen LogP contribution in [0, 0.1) is 11.8 Å². The second-order valence-electron chi connectivity index (χ2n) is 5.43. The monoisotopic (exact) mass is 312 g/mol. The highest BCUT2D eigenvalue weighted by atomic mass is 19.4. The van der Waals surface area contributed by atoms with Crippen molar-refractivity contribution in [2.24, 2.45) is 11.8 Å². The van der Waals surface area contributed by atoms with E-state index in [0.717, 1.165) is 7.05 Å². The quantitative estimate of drug-likeness (QED) is 0.724. The lowest BCUT2D eigenvalue weighted by Gasteiger charge is -2.22. The van der Waals surface area contributed by atoms with Gasteiger partial charge < -0.3 is 15.3 Å². The van der Waals surface area contributed by atoms with Gasteiger partial charge >= 0.3 is 18.2 Å². The summed E-state index contributed by atoms with van der Waals surface area (Å²) in [4.78, 5) is 22.6. The molecule has 1 atom stereocenters. The first-order valence-electron chi connectivity index (χ1n) is 6.80. The topological polar surface area (TPSA) is 69.6 Å². The molecule has 0 saturated carbocycles. The van der Waals surface area contributed by atoms with Gasteiger partial charge in [0.25, 0.3) is 0 Å². The highest BCUT2D eigenvalue weighted by Crippen LogP contribution is 2.20. The minimum absolute atomic E-state index is 0.0464. The predicted molar refractivity (Wildman–Crippen MR) is 71.9 cm³/mol. The number of carbonyl (C=O) groups excluding carboxylic acids is 1. The van der Waals surface area contributed by atoms with Crippen molar-refractivity contribution in [1.29, 1.82) is 0 Å². The Morgan fingerprint density at radius 1 is 1.24 bits per heavy atom. The molecule has 0 aliphatic rings. The normalized spacial score (nSPS) is 13.1. The van der Waals surface area contributed by atoms with Crippen LogP contribution in [-0.4, -0.2) is 48.3 Å². The Labute approximate surface area is 122 Å². The third-order valence-corrected chi connectivity index (χ3v) is 3.23. The summed E-state index contributed by atoms with van der Waals surface area (Å²) in [5, 5.41) is 11.1. The summed E-state index contributed by atoms with van der Waals surface area (Å²) in [6, 6.07) is -0.784. The fourth-order valence-electron chi connectivity index (χ4n) is 1.96. The van der Waals surface area contributed by atoms with Crippen LogP contribution in [0.15, 0.2) is 0 Å². The molecular weight excluding hydrogens is 289 g/mol. The maximum absolute atomic E-state index is 12.1. The van der Waals surface area contributed by atoms with Crippen molar-refractivity contribution >= 4 is 12.0 Å². The van der Waals surface area contributed by atoms with Crippen molar-refractivity contribution < 1.29 is 27.9 Å². The third kappa shape index (κ3) is 9.97. The number of nitrogens with one attached hydrogen (secondary N) is 1. The number of nitrogens with zero attached hydrogens (tertiary/aromatic N) is 1. The van der Waals surface area contributed by atoms with Crippen LogP contribution in [0.4, 0.5) is 18.0 Å². The van der Waals surface area contributed by atoms with Crippen LogP contribution in [0.5, 0.6) is 0 Å². The molecule has 0 aromatic rings. The molecule has 0 rings (SSSR count). The summed E-state index contributed by atoms with van der Waals surface area (Å²) in [7, 11) is 1.08. The molecule has 21 heavy (non-hydrogen) atoms. The fraction of sp³-hybridized carbons (Fsp3) is 0.846. The van der Waals surface area contributed by atoms with Crippen LogP contribution in [-0.2, 0) is 4.79 Å². The number of alkyl halides is 3. The van der Waals surface area contributed by atoms with Gasteiger partial charge in [-0.15, -0.1) is 0 Å². The molecule has 0 aliphatic heterocycles. The SMILES string of the molecule is CC(C)C(CCNC(=O)N(C)CC(F)(F)F)CCC(=O)O. The van der Waals surface area contributed by atoms with Crippen molar-refractivity contribution in [3.8, 4) is 0 Å². The molecule has 0 fully saturated rings. The Hall–Kier alpha value is -1.47. The van der Waals surface area contributed by atoms with Crippen molar-refractivity contribution in [2.75, 3.05) is 20.1 Å². The summed E-state index contributed by atoms with van der Waals surface area (Å²) < 4.78 is 36.4. The van der Waals surface area contributed by atoms with Gasteiger partial charge in [-0.25, -0.2) is 4.79 Å². The van der Waals surface area contributed by atoms with Gasteiger partial charge in [0, 0.05) is 20.0 Å². The lowest BCUT2D eigenvalue weighted by Crippen LogP contribution is -2.42. The predicted octanol–water partition coefficient (Wildman–Crippen LogP) is 2.72. The number of urea groups is 1. The van der Waals surface area contributed by atoms with Gasteiger partial charge in [0.2, 0.25) is 0 Å². The van der Waals surface area contributed by atoms with Gasteiger partial charge in [-0.2, -0.15) is 13.2 Å². The first-order valence-corrected chi connectivity index (χ1v) is 6.80. The summed E-state index contributed by atoms with van der Waals surface area (Å²) in [6.07, 6.45) is -3.35. The Morgan fingerprint density at radius 2 is 1.81 bits per heavy atom. The maximum Gasteiger partial charge on any atom is 0.406 e. The van der Waals surface area contributed by atoms with E-state index in [1.165, 1.54) is 0 Å². The van der Waals surface area contributed by atoms with Crippen LogP contribution >= 0.6 is 0 Å². The molecule has 0 heterocycles. The minimum atomic E-state index is -4.42. The standard InChI is InChI=1S/C13H23F3N2O3/c1-9(2)10(4-5-11(19)20)6-7-17-12(21)18(3)8-13(14,15)16/h9-10H,4-8H2,1-3H3,(H,17,21)(H,19,20). The number of hydrogen-bond donors (Lipinski definition) is 2. The molecule has 124 valence electrons. The molecule has 1 unspecified atom stereocenters. The Balaban J connectivity index is 4.13. The number of carbonyl (C=O) groups is 2. The number of aliphatic carboxylic acids is 1. The average Bonchev–Trinajstić information content (AvgIpc) is 2.30. The number of rotatable bonds is 8. The second-order valence-corrected chi connectivity index (χ2v) is 5.43. The van der Waals surface area contributed by atoms with E-state index >= 15 is 0 Å². The van der Waals surface area contributed by atoms with Crippen molar-refractivity contribution in [1.82, 2.24) is 10.2 Å². The lowest BCUT2D eigenvalue weighted by atomic mass is 9.88. The van der Waals surface area contributed by atoms with Gasteiger partial charge in [-0.05, 0) is 24.7 Å². The van der Waals surface area contributed by atoms with Crippen LogP contribution < -0.4 is 5.32 Å². The summed E-state index contributed by atoms with van der Waals surface area (Å²) in [5.74, 6) is -0.530. The number of carboxylic acid groups (broad SMARTS) is 1. The fourth-order valence-corrected chi connectivity index (χ4v) is 1.96.